The Morgan fingerprint density at radius 2 is 1.77 bits per heavy atom. The number of nitrogens with one attached hydrogen (secondary N) is 3. The van der Waals surface area contributed by atoms with Gasteiger partial charge in [0.1, 0.15) is 0 Å². The van der Waals surface area contributed by atoms with E-state index in [1.807, 2.05) is 19.1 Å². The van der Waals surface area contributed by atoms with Gasteiger partial charge < -0.3 is 15.4 Å². The minimum absolute atomic E-state index is 0.229. The summed E-state index contributed by atoms with van der Waals surface area (Å²) in [5.74, 6) is 0.719. The van der Waals surface area contributed by atoms with Crippen molar-refractivity contribution in [1.82, 2.24) is 15.4 Å². The number of ether oxygens (including phenoxy) is 1. The van der Waals surface area contributed by atoms with Crippen LogP contribution in [-0.2, 0) is 27.7 Å². The molecule has 2 aromatic carbocycles. The molecule has 7 nitrogen and oxygen atoms in total. The molecule has 0 amide bonds. The molecule has 2 rings (SSSR count). The Morgan fingerprint density at radius 3 is 2.50 bits per heavy atom. The van der Waals surface area contributed by atoms with E-state index in [2.05, 4.69) is 44.6 Å². The maximum Gasteiger partial charge on any atom is 0.240 e. The van der Waals surface area contributed by atoms with E-state index >= 15 is 0 Å². The Kier molecular flexibility index (Phi) is 10.3. The van der Waals surface area contributed by atoms with Crippen LogP contribution in [0.3, 0.4) is 0 Å². The molecule has 0 aliphatic rings. The first-order valence-corrected chi connectivity index (χ1v) is 11.7. The molecule has 30 heavy (non-hydrogen) atoms. The second-order valence-electron chi connectivity index (χ2n) is 6.75. The van der Waals surface area contributed by atoms with Gasteiger partial charge in [-0.15, -0.1) is 0 Å². The lowest BCUT2D eigenvalue weighted by atomic mass is 10.1. The fourth-order valence-electron chi connectivity index (χ4n) is 2.83. The van der Waals surface area contributed by atoms with E-state index in [9.17, 15) is 8.42 Å². The molecular formula is C22H32N4O3S. The second kappa shape index (κ2) is 13.0. The van der Waals surface area contributed by atoms with Crippen LogP contribution >= 0.6 is 0 Å². The van der Waals surface area contributed by atoms with Crippen molar-refractivity contribution < 1.29 is 13.2 Å². The van der Waals surface area contributed by atoms with Crippen molar-refractivity contribution in [2.45, 2.75) is 31.2 Å². The molecule has 8 heteroatoms. The molecule has 164 valence electrons. The summed E-state index contributed by atoms with van der Waals surface area (Å²) >= 11 is 0. The normalized spacial score (nSPS) is 12.0. The molecule has 0 bridgehead atoms. The molecule has 0 saturated carbocycles. The van der Waals surface area contributed by atoms with Crippen molar-refractivity contribution in [3.63, 3.8) is 0 Å². The lowest BCUT2D eigenvalue weighted by molar-refractivity contribution is 0.204. The zero-order valence-corrected chi connectivity index (χ0v) is 18.5. The van der Waals surface area contributed by atoms with Gasteiger partial charge in [-0.3, -0.25) is 0 Å². The predicted octanol–water partition coefficient (Wildman–Crippen LogP) is 2.30. The van der Waals surface area contributed by atoms with Gasteiger partial charge in [0.2, 0.25) is 10.0 Å². The van der Waals surface area contributed by atoms with E-state index in [0.29, 0.717) is 13.2 Å². The molecule has 2 aromatic rings. The fourth-order valence-corrected chi connectivity index (χ4v) is 3.91. The third-order valence-electron chi connectivity index (χ3n) is 4.35. The van der Waals surface area contributed by atoms with Crippen LogP contribution in [0.5, 0.6) is 0 Å². The number of hydrogen-bond donors (Lipinski definition) is 3. The fraction of sp³-hybridized carbons (Fsp3) is 0.409. The van der Waals surface area contributed by atoms with Crippen LogP contribution in [0.2, 0.25) is 0 Å². The summed E-state index contributed by atoms with van der Waals surface area (Å²) in [6.07, 6.45) is 2.00. The summed E-state index contributed by atoms with van der Waals surface area (Å²) < 4.78 is 32.1. The Bertz CT molecular complexity index is 886. The first kappa shape index (κ1) is 23.9. The maximum atomic E-state index is 12.4. The van der Waals surface area contributed by atoms with Gasteiger partial charge in [-0.2, -0.15) is 0 Å². The number of benzene rings is 2. The second-order valence-corrected chi connectivity index (χ2v) is 8.52. The molecule has 0 saturated heterocycles. The molecule has 0 aliphatic carbocycles. The molecule has 0 heterocycles. The van der Waals surface area contributed by atoms with E-state index in [1.165, 1.54) is 12.7 Å². The van der Waals surface area contributed by atoms with Crippen molar-refractivity contribution >= 4 is 16.0 Å². The standard InChI is InChI=1S/C22H32N4O3S/c1-3-23-22(24-14-8-12-19-9-5-4-6-10-19)25-18-20-11-7-13-21(17-20)30(27,28)26-15-16-29-2/h4-7,9-11,13,17,26H,3,8,12,14-16,18H2,1-2H3,(H2,23,24,25). The Balaban J connectivity index is 1.91. The summed E-state index contributed by atoms with van der Waals surface area (Å²) in [6, 6.07) is 17.2. The largest absolute Gasteiger partial charge is 0.383 e. The molecule has 0 atom stereocenters. The minimum atomic E-state index is -3.56. The van der Waals surface area contributed by atoms with Crippen molar-refractivity contribution in [1.29, 1.82) is 0 Å². The zero-order valence-electron chi connectivity index (χ0n) is 17.7. The molecule has 0 fully saturated rings. The van der Waals surface area contributed by atoms with Gasteiger partial charge >= 0.3 is 0 Å². The number of guanidine groups is 1. The average Bonchev–Trinajstić information content (AvgIpc) is 2.76. The van der Waals surface area contributed by atoms with Gasteiger partial charge in [0.15, 0.2) is 5.96 Å². The highest BCUT2D eigenvalue weighted by Gasteiger charge is 2.13. The number of rotatable bonds is 12. The van der Waals surface area contributed by atoms with E-state index in [4.69, 9.17) is 4.74 Å². The van der Waals surface area contributed by atoms with E-state index in [0.717, 1.165) is 37.5 Å². The number of sulfonamides is 1. The van der Waals surface area contributed by atoms with Crippen LogP contribution in [-0.4, -0.2) is 47.7 Å². The van der Waals surface area contributed by atoms with Crippen LogP contribution in [0.15, 0.2) is 64.5 Å². The third-order valence-corrected chi connectivity index (χ3v) is 5.81. The van der Waals surface area contributed by atoms with Crippen LogP contribution in [0.25, 0.3) is 0 Å². The van der Waals surface area contributed by atoms with Crippen LogP contribution in [0.4, 0.5) is 0 Å². The average molecular weight is 433 g/mol. The summed E-state index contributed by atoms with van der Waals surface area (Å²) in [5, 5.41) is 6.56. The lowest BCUT2D eigenvalue weighted by Crippen LogP contribution is -2.37. The Labute approximate surface area is 180 Å². The minimum Gasteiger partial charge on any atom is -0.383 e. The molecule has 0 aliphatic heterocycles. The van der Waals surface area contributed by atoms with E-state index < -0.39 is 10.0 Å². The zero-order chi connectivity index (χ0) is 21.7. The number of nitrogens with zero attached hydrogens (tertiary/aromatic N) is 1. The molecule has 0 aromatic heterocycles. The first-order chi connectivity index (χ1) is 14.5. The molecule has 3 N–H and O–H groups in total. The van der Waals surface area contributed by atoms with E-state index in [-0.39, 0.29) is 11.4 Å². The van der Waals surface area contributed by atoms with E-state index in [1.54, 1.807) is 18.2 Å². The van der Waals surface area contributed by atoms with Crippen molar-refractivity contribution in [3.05, 3.63) is 65.7 Å². The predicted molar refractivity (Wildman–Crippen MR) is 121 cm³/mol. The maximum absolute atomic E-state index is 12.4. The summed E-state index contributed by atoms with van der Waals surface area (Å²) in [6.45, 7) is 4.51. The quantitative estimate of drug-likeness (QED) is 0.272. The molecule has 0 spiro atoms. The Morgan fingerprint density at radius 1 is 1.00 bits per heavy atom. The van der Waals surface area contributed by atoms with Crippen molar-refractivity contribution in [3.8, 4) is 0 Å². The topological polar surface area (TPSA) is 91.8 Å². The number of hydrogen-bond acceptors (Lipinski definition) is 4. The number of aliphatic imine (C=N–C) groups is 1. The summed E-state index contributed by atoms with van der Waals surface area (Å²) in [7, 11) is -2.03. The summed E-state index contributed by atoms with van der Waals surface area (Å²) in [4.78, 5) is 4.81. The molecular weight excluding hydrogens is 400 g/mol. The monoisotopic (exact) mass is 432 g/mol. The number of aryl methyl sites for hydroxylation is 1. The number of methoxy groups -OCH3 is 1. The first-order valence-electron chi connectivity index (χ1n) is 10.2. The van der Waals surface area contributed by atoms with Gasteiger partial charge in [-0.1, -0.05) is 42.5 Å². The molecule has 0 unspecified atom stereocenters. The van der Waals surface area contributed by atoms with Gasteiger partial charge in [0.05, 0.1) is 18.0 Å². The highest BCUT2D eigenvalue weighted by Crippen LogP contribution is 2.12. The highest BCUT2D eigenvalue weighted by molar-refractivity contribution is 7.89. The van der Waals surface area contributed by atoms with Crippen LogP contribution < -0.4 is 15.4 Å². The van der Waals surface area contributed by atoms with Gasteiger partial charge in [-0.25, -0.2) is 18.1 Å². The Hall–Kier alpha value is -2.42. The van der Waals surface area contributed by atoms with Crippen molar-refractivity contribution in [2.24, 2.45) is 4.99 Å². The van der Waals surface area contributed by atoms with Gasteiger partial charge in [0.25, 0.3) is 0 Å². The van der Waals surface area contributed by atoms with Gasteiger partial charge in [0, 0.05) is 26.7 Å². The van der Waals surface area contributed by atoms with Crippen molar-refractivity contribution in [2.75, 3.05) is 33.4 Å². The van der Waals surface area contributed by atoms with Crippen LogP contribution in [0, 0.1) is 0 Å². The summed E-state index contributed by atoms with van der Waals surface area (Å²) in [5.41, 5.74) is 2.14. The smallest absolute Gasteiger partial charge is 0.240 e. The highest BCUT2D eigenvalue weighted by atomic mass is 32.2. The van der Waals surface area contributed by atoms with Crippen LogP contribution in [0.1, 0.15) is 24.5 Å². The SMILES string of the molecule is CCNC(=NCc1cccc(S(=O)(=O)NCCOC)c1)NCCCc1ccccc1. The van der Waals surface area contributed by atoms with Gasteiger partial charge in [-0.05, 0) is 43.0 Å². The third kappa shape index (κ3) is 8.52. The lowest BCUT2D eigenvalue weighted by Gasteiger charge is -2.12. The molecule has 0 radical (unpaired) electrons.